The van der Waals surface area contributed by atoms with E-state index in [1.807, 2.05) is 60.7 Å². The molecule has 0 unspecified atom stereocenters. The zero-order valence-electron chi connectivity index (χ0n) is 19.3. The third-order valence-corrected chi connectivity index (χ3v) is 6.01. The number of aromatic nitrogens is 3. The Balaban J connectivity index is 1.45. The molecule has 2 aromatic heterocycles. The Bertz CT molecular complexity index is 1680. The van der Waals surface area contributed by atoms with Crippen molar-refractivity contribution in [2.24, 2.45) is 4.99 Å². The zero-order chi connectivity index (χ0) is 25.4. The maximum Gasteiger partial charge on any atom is 0.269 e. The first-order valence-corrected chi connectivity index (χ1v) is 11.5. The van der Waals surface area contributed by atoms with Crippen LogP contribution in [-0.2, 0) is 4.79 Å². The first kappa shape index (κ1) is 22.3. The van der Waals surface area contributed by atoms with E-state index in [0.717, 1.165) is 0 Å². The number of nitrogens with one attached hydrogen (secondary N) is 2. The Morgan fingerprint density at radius 3 is 2.41 bits per heavy atom. The van der Waals surface area contributed by atoms with Gasteiger partial charge in [0.15, 0.2) is 5.65 Å². The van der Waals surface area contributed by atoms with E-state index in [9.17, 15) is 14.0 Å². The van der Waals surface area contributed by atoms with Crippen LogP contribution in [-0.4, -0.2) is 38.3 Å². The van der Waals surface area contributed by atoms with E-state index < -0.39 is 23.8 Å². The van der Waals surface area contributed by atoms with Crippen molar-refractivity contribution >= 4 is 28.9 Å². The van der Waals surface area contributed by atoms with E-state index in [-0.39, 0.29) is 11.3 Å². The van der Waals surface area contributed by atoms with Gasteiger partial charge in [-0.25, -0.2) is 18.9 Å². The van der Waals surface area contributed by atoms with Crippen molar-refractivity contribution < 1.29 is 14.0 Å². The molecule has 2 amide bonds. The fraction of sp³-hybridized carbons (Fsp3) is 0.0357. The summed E-state index contributed by atoms with van der Waals surface area (Å²) in [5.41, 5.74) is 3.12. The number of hydrogen-bond acceptors (Lipinski definition) is 5. The second kappa shape index (κ2) is 9.12. The highest BCUT2D eigenvalue weighted by Gasteiger charge is 2.31. The lowest BCUT2D eigenvalue weighted by Crippen LogP contribution is -2.42. The SMILES string of the molecule is O=C(N[C@H]1N=C(c2ccccc2)c2cccc(F)c2NC1=O)c1c(-c2ccccc2)nn2cccnc12. The molecule has 3 heterocycles. The first-order chi connectivity index (χ1) is 18.1. The summed E-state index contributed by atoms with van der Waals surface area (Å²) >= 11 is 0. The van der Waals surface area contributed by atoms with Crippen LogP contribution in [0.4, 0.5) is 10.1 Å². The lowest BCUT2D eigenvalue weighted by Gasteiger charge is -2.13. The molecule has 1 aliphatic heterocycles. The molecule has 8 nitrogen and oxygen atoms in total. The van der Waals surface area contributed by atoms with Crippen LogP contribution in [0.25, 0.3) is 16.9 Å². The summed E-state index contributed by atoms with van der Waals surface area (Å²) in [4.78, 5) is 35.8. The molecular weight excluding hydrogens is 471 g/mol. The van der Waals surface area contributed by atoms with E-state index in [4.69, 9.17) is 0 Å². The van der Waals surface area contributed by atoms with Gasteiger partial charge in [0.2, 0.25) is 6.17 Å². The van der Waals surface area contributed by atoms with Crippen molar-refractivity contribution in [3.63, 3.8) is 0 Å². The van der Waals surface area contributed by atoms with Gasteiger partial charge in [-0.05, 0) is 12.1 Å². The molecule has 0 saturated carbocycles. The number of hydrogen-bond donors (Lipinski definition) is 2. The van der Waals surface area contributed by atoms with Crippen LogP contribution in [0.3, 0.4) is 0 Å². The lowest BCUT2D eigenvalue weighted by atomic mass is 10.0. The molecule has 9 heteroatoms. The van der Waals surface area contributed by atoms with Gasteiger partial charge in [-0.2, -0.15) is 5.10 Å². The van der Waals surface area contributed by atoms with Crippen LogP contribution in [0, 0.1) is 5.82 Å². The molecule has 0 saturated heterocycles. The largest absolute Gasteiger partial charge is 0.322 e. The van der Waals surface area contributed by atoms with Crippen molar-refractivity contribution in [2.75, 3.05) is 5.32 Å². The monoisotopic (exact) mass is 490 g/mol. The van der Waals surface area contributed by atoms with Crippen LogP contribution in [0.1, 0.15) is 21.5 Å². The minimum Gasteiger partial charge on any atom is -0.322 e. The van der Waals surface area contributed by atoms with E-state index in [2.05, 4.69) is 25.7 Å². The Morgan fingerprint density at radius 1 is 0.919 bits per heavy atom. The smallest absolute Gasteiger partial charge is 0.269 e. The number of amides is 2. The summed E-state index contributed by atoms with van der Waals surface area (Å²) in [6.07, 6.45) is 1.91. The summed E-state index contributed by atoms with van der Waals surface area (Å²) < 4.78 is 16.3. The van der Waals surface area contributed by atoms with Crippen molar-refractivity contribution in [1.29, 1.82) is 0 Å². The molecule has 6 rings (SSSR count). The van der Waals surface area contributed by atoms with E-state index >= 15 is 0 Å². The zero-order valence-corrected chi connectivity index (χ0v) is 19.3. The van der Waals surface area contributed by atoms with Crippen LogP contribution >= 0.6 is 0 Å². The highest BCUT2D eigenvalue weighted by molar-refractivity contribution is 6.20. The van der Waals surface area contributed by atoms with Gasteiger partial charge in [0.25, 0.3) is 11.8 Å². The maximum atomic E-state index is 14.8. The molecule has 0 radical (unpaired) electrons. The third kappa shape index (κ3) is 4.02. The normalized spacial score (nSPS) is 14.9. The molecule has 0 spiro atoms. The summed E-state index contributed by atoms with van der Waals surface area (Å²) in [6, 6.07) is 24.5. The topological polar surface area (TPSA) is 101 Å². The molecule has 1 atom stereocenters. The number of rotatable bonds is 4. The standard InChI is InChI=1S/C28H19FN6O2/c29-20-14-7-13-19-22(17-9-3-1-4-10-17)31-25(28(37)32-24(19)20)33-27(36)21-23(18-11-5-2-6-12-18)34-35-16-8-15-30-26(21)35/h1-16,25H,(H,32,37)(H,33,36)/t25-/m1/s1. The predicted molar refractivity (Wildman–Crippen MR) is 137 cm³/mol. The van der Waals surface area contributed by atoms with E-state index in [0.29, 0.717) is 33.7 Å². The number of halogens is 1. The summed E-state index contributed by atoms with van der Waals surface area (Å²) in [5, 5.41) is 9.86. The van der Waals surface area contributed by atoms with Gasteiger partial charge in [0.05, 0.1) is 11.4 Å². The van der Waals surface area contributed by atoms with Gasteiger partial charge in [0.1, 0.15) is 17.1 Å². The number of anilines is 1. The summed E-state index contributed by atoms with van der Waals surface area (Å²) in [5.74, 6) is -1.86. The number of benzodiazepines with no additional fused rings is 1. The number of aliphatic imine (C=N–C) groups is 1. The van der Waals surface area contributed by atoms with E-state index in [1.165, 1.54) is 10.6 Å². The Hall–Kier alpha value is -5.18. The molecule has 2 N–H and O–H groups in total. The predicted octanol–water partition coefficient (Wildman–Crippen LogP) is 4.08. The Kier molecular flexibility index (Phi) is 5.49. The van der Waals surface area contributed by atoms with Gasteiger partial charge < -0.3 is 10.6 Å². The van der Waals surface area contributed by atoms with Crippen LogP contribution in [0.5, 0.6) is 0 Å². The molecular formula is C28H19FN6O2. The Morgan fingerprint density at radius 2 is 1.65 bits per heavy atom. The number of nitrogens with zero attached hydrogens (tertiary/aromatic N) is 4. The fourth-order valence-electron chi connectivity index (χ4n) is 4.31. The number of carbonyl (C=O) groups is 2. The average molecular weight is 490 g/mol. The molecule has 37 heavy (non-hydrogen) atoms. The molecule has 3 aromatic carbocycles. The number of carbonyl (C=O) groups excluding carboxylic acids is 2. The van der Waals surface area contributed by atoms with Crippen molar-refractivity contribution in [2.45, 2.75) is 6.17 Å². The highest BCUT2D eigenvalue weighted by Crippen LogP contribution is 2.28. The summed E-state index contributed by atoms with van der Waals surface area (Å²) in [6.45, 7) is 0. The second-order valence-corrected chi connectivity index (χ2v) is 8.35. The Labute approximate surface area is 210 Å². The second-order valence-electron chi connectivity index (χ2n) is 8.35. The van der Waals surface area contributed by atoms with Crippen LogP contribution < -0.4 is 10.6 Å². The molecule has 5 aromatic rings. The van der Waals surface area contributed by atoms with Gasteiger partial charge >= 0.3 is 0 Å². The van der Waals surface area contributed by atoms with Gasteiger partial charge in [-0.3, -0.25) is 9.59 Å². The highest BCUT2D eigenvalue weighted by atomic mass is 19.1. The quantitative estimate of drug-likeness (QED) is 0.396. The number of benzene rings is 3. The number of para-hydroxylation sites is 1. The molecule has 0 fully saturated rings. The van der Waals surface area contributed by atoms with Gasteiger partial charge in [0, 0.05) is 29.1 Å². The fourth-order valence-corrected chi connectivity index (χ4v) is 4.31. The lowest BCUT2D eigenvalue weighted by molar-refractivity contribution is -0.117. The molecule has 180 valence electrons. The number of fused-ring (bicyclic) bond motifs is 2. The van der Waals surface area contributed by atoms with E-state index in [1.54, 1.807) is 30.6 Å². The summed E-state index contributed by atoms with van der Waals surface area (Å²) in [7, 11) is 0. The minimum atomic E-state index is -1.34. The van der Waals surface area contributed by atoms with Crippen LogP contribution in [0.2, 0.25) is 0 Å². The third-order valence-electron chi connectivity index (χ3n) is 6.01. The minimum absolute atomic E-state index is 0.00877. The van der Waals surface area contributed by atoms with Crippen molar-refractivity contribution in [3.05, 3.63) is 120 Å². The average Bonchev–Trinajstić information content (AvgIpc) is 3.26. The van der Waals surface area contributed by atoms with Gasteiger partial charge in [-0.15, -0.1) is 0 Å². The molecule has 0 bridgehead atoms. The van der Waals surface area contributed by atoms with Gasteiger partial charge in [-0.1, -0.05) is 72.8 Å². The molecule has 0 aliphatic carbocycles. The maximum absolute atomic E-state index is 14.8. The van der Waals surface area contributed by atoms with Crippen molar-refractivity contribution in [1.82, 2.24) is 19.9 Å². The van der Waals surface area contributed by atoms with Crippen molar-refractivity contribution in [3.8, 4) is 11.3 Å². The first-order valence-electron chi connectivity index (χ1n) is 11.5. The van der Waals surface area contributed by atoms with Crippen LogP contribution in [0.15, 0.2) is 102 Å². The molecule has 1 aliphatic rings.